The summed E-state index contributed by atoms with van der Waals surface area (Å²) in [6.07, 6.45) is 2.20. The van der Waals surface area contributed by atoms with Crippen LogP contribution in [0.4, 0.5) is 0 Å². The standard InChI is InChI=1S/C12H25N3O3S.ClH/c1-10-3-6-15(7-4-10)19(17,18)14-8-11-2-5-13-9-12(11)16;/h10-14,16H,2-9H2,1H3;1H/t11-,12+;/m0./s1. The molecule has 0 aromatic rings. The Bertz CT molecular complexity index is 385. The van der Waals surface area contributed by atoms with Gasteiger partial charge < -0.3 is 10.4 Å². The fraction of sp³-hybridized carbons (Fsp3) is 1.00. The van der Waals surface area contributed by atoms with Gasteiger partial charge in [0.15, 0.2) is 0 Å². The molecule has 2 fully saturated rings. The number of rotatable bonds is 4. The van der Waals surface area contributed by atoms with Crippen LogP contribution in [0.25, 0.3) is 0 Å². The van der Waals surface area contributed by atoms with Crippen molar-refractivity contribution in [2.45, 2.75) is 32.3 Å². The van der Waals surface area contributed by atoms with Crippen molar-refractivity contribution in [3.63, 3.8) is 0 Å². The van der Waals surface area contributed by atoms with Crippen LogP contribution < -0.4 is 10.0 Å². The molecule has 2 heterocycles. The minimum atomic E-state index is -3.38. The Kier molecular flexibility index (Phi) is 7.17. The van der Waals surface area contributed by atoms with E-state index in [9.17, 15) is 13.5 Å². The molecule has 0 aromatic heterocycles. The SMILES string of the molecule is CC1CCN(S(=O)(=O)NC[C@@H]2CCNC[C@H]2O)CC1.Cl. The molecule has 120 valence electrons. The summed E-state index contributed by atoms with van der Waals surface area (Å²) < 4.78 is 28.5. The molecule has 20 heavy (non-hydrogen) atoms. The van der Waals surface area contributed by atoms with Gasteiger partial charge in [0.05, 0.1) is 6.10 Å². The largest absolute Gasteiger partial charge is 0.391 e. The second-order valence-electron chi connectivity index (χ2n) is 5.76. The molecule has 2 aliphatic heterocycles. The first-order valence-electron chi connectivity index (χ1n) is 7.12. The van der Waals surface area contributed by atoms with Gasteiger partial charge in [-0.1, -0.05) is 6.92 Å². The minimum Gasteiger partial charge on any atom is -0.391 e. The van der Waals surface area contributed by atoms with Crippen molar-refractivity contribution in [2.75, 3.05) is 32.7 Å². The lowest BCUT2D eigenvalue weighted by Gasteiger charge is -2.32. The second-order valence-corrected chi connectivity index (χ2v) is 7.51. The number of halogens is 1. The molecule has 2 aliphatic rings. The predicted octanol–water partition coefficient (Wildman–Crippen LogP) is -0.0551. The molecule has 0 spiro atoms. The van der Waals surface area contributed by atoms with Crippen molar-refractivity contribution in [3.8, 4) is 0 Å². The number of hydrogen-bond acceptors (Lipinski definition) is 4. The fourth-order valence-corrected chi connectivity index (χ4v) is 3.96. The normalized spacial score (nSPS) is 29.9. The highest BCUT2D eigenvalue weighted by Gasteiger charge is 2.29. The van der Waals surface area contributed by atoms with Crippen LogP contribution in [-0.2, 0) is 10.2 Å². The summed E-state index contributed by atoms with van der Waals surface area (Å²) in [6, 6.07) is 0. The summed E-state index contributed by atoms with van der Waals surface area (Å²) in [5.74, 6) is 0.623. The Morgan fingerprint density at radius 3 is 2.55 bits per heavy atom. The molecule has 2 rings (SSSR count). The van der Waals surface area contributed by atoms with Crippen molar-refractivity contribution in [3.05, 3.63) is 0 Å². The van der Waals surface area contributed by atoms with E-state index >= 15 is 0 Å². The highest BCUT2D eigenvalue weighted by Crippen LogP contribution is 2.18. The van der Waals surface area contributed by atoms with Crippen LogP contribution in [0, 0.1) is 11.8 Å². The van der Waals surface area contributed by atoms with Crippen LogP contribution >= 0.6 is 12.4 Å². The lowest BCUT2D eigenvalue weighted by molar-refractivity contribution is 0.0841. The van der Waals surface area contributed by atoms with Crippen LogP contribution in [0.5, 0.6) is 0 Å². The summed E-state index contributed by atoms with van der Waals surface area (Å²) in [7, 11) is -3.38. The van der Waals surface area contributed by atoms with E-state index in [-0.39, 0.29) is 18.3 Å². The first kappa shape index (κ1) is 18.1. The molecule has 0 bridgehead atoms. The number of aliphatic hydroxyl groups is 1. The Hall–Kier alpha value is 0.0800. The van der Waals surface area contributed by atoms with Crippen LogP contribution in [0.1, 0.15) is 26.2 Å². The third kappa shape index (κ3) is 4.82. The van der Waals surface area contributed by atoms with Gasteiger partial charge in [0.25, 0.3) is 10.2 Å². The van der Waals surface area contributed by atoms with Gasteiger partial charge >= 0.3 is 0 Å². The van der Waals surface area contributed by atoms with E-state index in [4.69, 9.17) is 0 Å². The van der Waals surface area contributed by atoms with Crippen molar-refractivity contribution in [2.24, 2.45) is 11.8 Å². The van der Waals surface area contributed by atoms with Crippen molar-refractivity contribution >= 4 is 22.6 Å². The van der Waals surface area contributed by atoms with Crippen LogP contribution in [0.15, 0.2) is 0 Å². The van der Waals surface area contributed by atoms with Crippen LogP contribution in [0.3, 0.4) is 0 Å². The topological polar surface area (TPSA) is 81.7 Å². The molecule has 0 saturated carbocycles. The number of β-amino-alcohol motifs (C(OH)–C–C–N with tert-alkyl or cyclic N) is 1. The van der Waals surface area contributed by atoms with Gasteiger partial charge in [0.2, 0.25) is 0 Å². The van der Waals surface area contributed by atoms with Crippen LogP contribution in [0.2, 0.25) is 0 Å². The van der Waals surface area contributed by atoms with E-state index in [1.807, 2.05) is 0 Å². The Labute approximate surface area is 127 Å². The maximum absolute atomic E-state index is 12.2. The molecule has 0 amide bonds. The first-order chi connectivity index (χ1) is 8.99. The first-order valence-corrected chi connectivity index (χ1v) is 8.56. The third-order valence-corrected chi connectivity index (χ3v) is 5.78. The summed E-state index contributed by atoms with van der Waals surface area (Å²) in [5.41, 5.74) is 0. The van der Waals surface area contributed by atoms with Crippen molar-refractivity contribution in [1.29, 1.82) is 0 Å². The second kappa shape index (κ2) is 7.91. The Morgan fingerprint density at radius 1 is 1.30 bits per heavy atom. The van der Waals surface area contributed by atoms with E-state index < -0.39 is 16.3 Å². The molecule has 6 nitrogen and oxygen atoms in total. The number of nitrogens with one attached hydrogen (secondary N) is 2. The fourth-order valence-electron chi connectivity index (χ4n) is 2.66. The lowest BCUT2D eigenvalue weighted by Crippen LogP contribution is -2.49. The summed E-state index contributed by atoms with van der Waals surface area (Å²) in [5, 5.41) is 12.9. The van der Waals surface area contributed by atoms with E-state index in [0.29, 0.717) is 32.1 Å². The number of hydrogen-bond donors (Lipinski definition) is 3. The summed E-state index contributed by atoms with van der Waals surface area (Å²) >= 11 is 0. The Balaban J connectivity index is 0.00000200. The average molecular weight is 328 g/mol. The van der Waals surface area contributed by atoms with Gasteiger partial charge in [0.1, 0.15) is 0 Å². The molecule has 0 unspecified atom stereocenters. The number of aliphatic hydroxyl groups excluding tert-OH is 1. The zero-order chi connectivity index (χ0) is 13.9. The maximum Gasteiger partial charge on any atom is 0.279 e. The monoisotopic (exact) mass is 327 g/mol. The molecular formula is C12H26ClN3O3S. The molecular weight excluding hydrogens is 302 g/mol. The molecule has 2 atom stereocenters. The lowest BCUT2D eigenvalue weighted by atomic mass is 9.96. The van der Waals surface area contributed by atoms with Gasteiger partial charge in [-0.2, -0.15) is 12.7 Å². The molecule has 0 radical (unpaired) electrons. The number of piperidine rings is 2. The Morgan fingerprint density at radius 2 is 1.95 bits per heavy atom. The maximum atomic E-state index is 12.2. The highest BCUT2D eigenvalue weighted by atomic mass is 35.5. The van der Waals surface area contributed by atoms with Gasteiger partial charge in [-0.05, 0) is 31.7 Å². The zero-order valence-corrected chi connectivity index (χ0v) is 13.5. The smallest absolute Gasteiger partial charge is 0.279 e. The molecule has 0 aliphatic carbocycles. The van der Waals surface area contributed by atoms with E-state index in [0.717, 1.165) is 25.8 Å². The molecule has 0 aromatic carbocycles. The molecule has 2 saturated heterocycles. The quantitative estimate of drug-likeness (QED) is 0.676. The van der Waals surface area contributed by atoms with Gasteiger partial charge in [-0.25, -0.2) is 4.72 Å². The predicted molar refractivity (Wildman–Crippen MR) is 81.1 cm³/mol. The van der Waals surface area contributed by atoms with E-state index in [2.05, 4.69) is 17.0 Å². The van der Waals surface area contributed by atoms with Gasteiger partial charge in [-0.15, -0.1) is 12.4 Å². The summed E-state index contributed by atoms with van der Waals surface area (Å²) in [4.78, 5) is 0. The van der Waals surface area contributed by atoms with E-state index in [1.54, 1.807) is 0 Å². The van der Waals surface area contributed by atoms with Crippen molar-refractivity contribution in [1.82, 2.24) is 14.3 Å². The molecule has 3 N–H and O–H groups in total. The van der Waals surface area contributed by atoms with Gasteiger partial charge in [-0.3, -0.25) is 0 Å². The minimum absolute atomic E-state index is 0. The zero-order valence-electron chi connectivity index (χ0n) is 11.9. The molecule has 8 heteroatoms. The van der Waals surface area contributed by atoms with Crippen molar-refractivity contribution < 1.29 is 13.5 Å². The van der Waals surface area contributed by atoms with E-state index in [1.165, 1.54) is 4.31 Å². The van der Waals surface area contributed by atoms with Gasteiger partial charge in [0, 0.05) is 32.1 Å². The number of nitrogens with zero attached hydrogens (tertiary/aromatic N) is 1. The third-order valence-electron chi connectivity index (χ3n) is 4.20. The average Bonchev–Trinajstić information content (AvgIpc) is 2.38. The summed E-state index contributed by atoms with van der Waals surface area (Å²) in [6.45, 7) is 5.08. The highest BCUT2D eigenvalue weighted by molar-refractivity contribution is 7.87. The van der Waals surface area contributed by atoms with Crippen LogP contribution in [-0.4, -0.2) is 56.7 Å².